The van der Waals surface area contributed by atoms with Crippen molar-refractivity contribution in [2.75, 3.05) is 7.11 Å². The molecule has 0 bridgehead atoms. The van der Waals surface area contributed by atoms with E-state index in [4.69, 9.17) is 9.47 Å². The fraction of sp³-hybridized carbons (Fsp3) is 0.0909. The average Bonchev–Trinajstić information content (AvgIpc) is 2.79. The summed E-state index contributed by atoms with van der Waals surface area (Å²) < 4.78 is 24.7. The highest BCUT2D eigenvalue weighted by Crippen LogP contribution is 2.28. The molecule has 158 valence electrons. The van der Waals surface area contributed by atoms with E-state index < -0.39 is 10.8 Å². The number of hydrogen-bond donors (Lipinski definition) is 1. The number of halogens is 1. The van der Waals surface area contributed by atoms with E-state index in [0.29, 0.717) is 22.6 Å². The van der Waals surface area contributed by atoms with E-state index in [-0.39, 0.29) is 23.7 Å². The molecule has 0 aliphatic rings. The lowest BCUT2D eigenvalue weighted by Crippen LogP contribution is -2.17. The summed E-state index contributed by atoms with van der Waals surface area (Å²) in [6.45, 7) is 0.0434. The van der Waals surface area contributed by atoms with Crippen LogP contribution < -0.4 is 14.9 Å². The number of non-ortho nitro benzene ring substituents is 1. The van der Waals surface area contributed by atoms with Crippen LogP contribution in [0, 0.1) is 15.9 Å². The molecule has 0 radical (unpaired) electrons. The minimum Gasteiger partial charge on any atom is -0.493 e. The number of nitrogens with zero attached hydrogens (tertiary/aromatic N) is 2. The third-order valence-electron chi connectivity index (χ3n) is 4.25. The number of benzene rings is 3. The van der Waals surface area contributed by atoms with Gasteiger partial charge in [-0.05, 0) is 42.0 Å². The molecule has 0 fully saturated rings. The van der Waals surface area contributed by atoms with Gasteiger partial charge in [-0.3, -0.25) is 14.9 Å². The molecular weight excluding hydrogens is 405 g/mol. The normalized spacial score (nSPS) is 10.6. The summed E-state index contributed by atoms with van der Waals surface area (Å²) in [6, 6.07) is 16.5. The standard InChI is InChI=1S/C22H18FN3O5/c1-30-21-12-15(6-11-20(21)31-14-17-4-2-3-5-19(17)23)13-24-25-22(27)16-7-9-18(10-8-16)26(28)29/h2-13H,14H2,1H3,(H,25,27)/b24-13+. The summed E-state index contributed by atoms with van der Waals surface area (Å²) in [7, 11) is 1.47. The molecule has 0 aliphatic heterocycles. The lowest BCUT2D eigenvalue weighted by molar-refractivity contribution is -0.384. The molecule has 0 aromatic heterocycles. The molecular formula is C22H18FN3O5. The van der Waals surface area contributed by atoms with Crippen molar-refractivity contribution in [3.05, 3.63) is 99.4 Å². The lowest BCUT2D eigenvalue weighted by atomic mass is 10.2. The molecule has 31 heavy (non-hydrogen) atoms. The minimum atomic E-state index is -0.545. The van der Waals surface area contributed by atoms with E-state index in [1.54, 1.807) is 36.4 Å². The summed E-state index contributed by atoms with van der Waals surface area (Å²) in [6.07, 6.45) is 1.41. The van der Waals surface area contributed by atoms with E-state index in [0.717, 1.165) is 0 Å². The summed E-state index contributed by atoms with van der Waals surface area (Å²) in [5.41, 5.74) is 3.52. The lowest BCUT2D eigenvalue weighted by Gasteiger charge is -2.11. The van der Waals surface area contributed by atoms with Crippen LogP contribution in [0.4, 0.5) is 10.1 Å². The third kappa shape index (κ3) is 5.63. The molecule has 0 heterocycles. The van der Waals surface area contributed by atoms with Gasteiger partial charge in [-0.1, -0.05) is 18.2 Å². The Morgan fingerprint density at radius 2 is 1.87 bits per heavy atom. The van der Waals surface area contributed by atoms with Crippen molar-refractivity contribution in [2.45, 2.75) is 6.61 Å². The molecule has 1 N–H and O–H groups in total. The van der Waals surface area contributed by atoms with Gasteiger partial charge in [-0.25, -0.2) is 9.82 Å². The number of hydrogen-bond acceptors (Lipinski definition) is 6. The van der Waals surface area contributed by atoms with E-state index in [1.165, 1.54) is 43.7 Å². The van der Waals surface area contributed by atoms with E-state index in [1.807, 2.05) is 0 Å². The van der Waals surface area contributed by atoms with E-state index >= 15 is 0 Å². The number of nitro benzene ring substituents is 1. The van der Waals surface area contributed by atoms with Gasteiger partial charge in [0.15, 0.2) is 11.5 Å². The molecule has 9 heteroatoms. The van der Waals surface area contributed by atoms with Crippen molar-refractivity contribution in [2.24, 2.45) is 5.10 Å². The van der Waals surface area contributed by atoms with Crippen molar-refractivity contribution in [1.29, 1.82) is 0 Å². The molecule has 3 aromatic rings. The maximum atomic E-state index is 13.7. The SMILES string of the molecule is COc1cc(/C=N/NC(=O)c2ccc([N+](=O)[O-])cc2)ccc1OCc1ccccc1F. The smallest absolute Gasteiger partial charge is 0.271 e. The van der Waals surface area contributed by atoms with Gasteiger partial charge in [0.05, 0.1) is 18.2 Å². The minimum absolute atomic E-state index is 0.0434. The molecule has 1 amide bonds. The van der Waals surface area contributed by atoms with Crippen LogP contribution in [-0.2, 0) is 6.61 Å². The van der Waals surface area contributed by atoms with Gasteiger partial charge in [-0.2, -0.15) is 5.10 Å². The van der Waals surface area contributed by atoms with Crippen LogP contribution in [0.2, 0.25) is 0 Å². The molecule has 3 rings (SSSR count). The Labute approximate surface area is 177 Å². The molecule has 0 spiro atoms. The average molecular weight is 423 g/mol. The van der Waals surface area contributed by atoms with Gasteiger partial charge in [0.2, 0.25) is 0 Å². The first-order valence-electron chi connectivity index (χ1n) is 9.10. The predicted molar refractivity (Wildman–Crippen MR) is 112 cm³/mol. The Hall–Kier alpha value is -4.27. The number of nitro groups is 1. The molecule has 0 atom stereocenters. The van der Waals surface area contributed by atoms with Crippen molar-refractivity contribution in [3.63, 3.8) is 0 Å². The maximum Gasteiger partial charge on any atom is 0.271 e. The Kier molecular flexibility index (Phi) is 6.89. The number of hydrazone groups is 1. The fourth-order valence-corrected chi connectivity index (χ4v) is 2.62. The second-order valence-corrected chi connectivity index (χ2v) is 6.29. The first-order valence-corrected chi connectivity index (χ1v) is 9.10. The molecule has 8 nitrogen and oxygen atoms in total. The van der Waals surface area contributed by atoms with Crippen LogP contribution >= 0.6 is 0 Å². The van der Waals surface area contributed by atoms with Crippen LogP contribution in [0.1, 0.15) is 21.5 Å². The molecule has 0 aliphatic carbocycles. The van der Waals surface area contributed by atoms with Crippen molar-refractivity contribution in [3.8, 4) is 11.5 Å². The van der Waals surface area contributed by atoms with Crippen LogP contribution in [0.25, 0.3) is 0 Å². The second-order valence-electron chi connectivity index (χ2n) is 6.29. The van der Waals surface area contributed by atoms with Gasteiger partial charge in [0.1, 0.15) is 12.4 Å². The van der Waals surface area contributed by atoms with Gasteiger partial charge in [0.25, 0.3) is 11.6 Å². The quantitative estimate of drug-likeness (QED) is 0.334. The van der Waals surface area contributed by atoms with Gasteiger partial charge < -0.3 is 9.47 Å². The summed E-state index contributed by atoms with van der Waals surface area (Å²) in [5, 5.41) is 14.5. The maximum absolute atomic E-state index is 13.7. The summed E-state index contributed by atoms with van der Waals surface area (Å²) in [4.78, 5) is 22.2. The third-order valence-corrected chi connectivity index (χ3v) is 4.25. The van der Waals surface area contributed by atoms with Gasteiger partial charge in [-0.15, -0.1) is 0 Å². The van der Waals surface area contributed by atoms with E-state index in [9.17, 15) is 19.3 Å². The van der Waals surface area contributed by atoms with Crippen LogP contribution in [0.5, 0.6) is 11.5 Å². The van der Waals surface area contributed by atoms with Crippen molar-refractivity contribution >= 4 is 17.8 Å². The van der Waals surface area contributed by atoms with Crippen LogP contribution in [-0.4, -0.2) is 24.2 Å². The zero-order valence-corrected chi connectivity index (χ0v) is 16.4. The van der Waals surface area contributed by atoms with Gasteiger partial charge >= 0.3 is 0 Å². The zero-order chi connectivity index (χ0) is 22.2. The molecule has 0 saturated carbocycles. The van der Waals surface area contributed by atoms with Crippen molar-refractivity contribution in [1.82, 2.24) is 5.43 Å². The summed E-state index contributed by atoms with van der Waals surface area (Å²) in [5.74, 6) is -0.0169. The number of ether oxygens (including phenoxy) is 2. The number of amides is 1. The van der Waals surface area contributed by atoms with Gasteiger partial charge in [0, 0.05) is 23.3 Å². The number of methoxy groups -OCH3 is 1. The highest BCUT2D eigenvalue weighted by molar-refractivity contribution is 5.95. The monoisotopic (exact) mass is 423 g/mol. The van der Waals surface area contributed by atoms with Crippen LogP contribution in [0.15, 0.2) is 71.8 Å². The Bertz CT molecular complexity index is 1120. The Morgan fingerprint density at radius 3 is 2.55 bits per heavy atom. The van der Waals surface area contributed by atoms with E-state index in [2.05, 4.69) is 10.5 Å². The second kappa shape index (κ2) is 9.97. The summed E-state index contributed by atoms with van der Waals surface area (Å²) >= 11 is 0. The first kappa shape index (κ1) is 21.4. The highest BCUT2D eigenvalue weighted by Gasteiger charge is 2.10. The first-order chi connectivity index (χ1) is 15.0. The van der Waals surface area contributed by atoms with Crippen LogP contribution in [0.3, 0.4) is 0 Å². The number of nitrogens with one attached hydrogen (secondary N) is 1. The van der Waals surface area contributed by atoms with Crippen molar-refractivity contribution < 1.29 is 23.6 Å². The Morgan fingerprint density at radius 1 is 1.13 bits per heavy atom. The number of rotatable bonds is 8. The zero-order valence-electron chi connectivity index (χ0n) is 16.4. The Balaban J connectivity index is 1.62. The fourth-order valence-electron chi connectivity index (χ4n) is 2.62. The largest absolute Gasteiger partial charge is 0.493 e. The topological polar surface area (TPSA) is 103 Å². The molecule has 0 saturated heterocycles. The molecule has 0 unspecified atom stereocenters. The predicted octanol–water partition coefficient (Wildman–Crippen LogP) is 4.09. The number of carbonyl (C=O) groups is 1. The number of carbonyl (C=O) groups excluding carboxylic acids is 1. The highest BCUT2D eigenvalue weighted by atomic mass is 19.1. The molecule has 3 aromatic carbocycles.